The average molecular weight is 170 g/mol. The Balaban J connectivity index is -0.0000000646. The molecule has 0 N–H and O–H groups in total. The minimum absolute atomic E-state index is 0.194. The van der Waals surface area contributed by atoms with Gasteiger partial charge in [-0.3, -0.25) is 0 Å². The first-order valence-electron chi connectivity index (χ1n) is 2.56. The van der Waals surface area contributed by atoms with Crippen LogP contribution in [-0.4, -0.2) is 18.3 Å². The van der Waals surface area contributed by atoms with Crippen LogP contribution in [0.4, 0.5) is 0 Å². The van der Waals surface area contributed by atoms with Crippen molar-refractivity contribution in [3.05, 3.63) is 6.58 Å². The van der Waals surface area contributed by atoms with Crippen molar-refractivity contribution < 1.29 is 0 Å². The number of hydrogen-bond acceptors (Lipinski definition) is 1. The summed E-state index contributed by atoms with van der Waals surface area (Å²) in [5.74, 6) is 2.31. The zero-order chi connectivity index (χ0) is 8.12. The fraction of sp³-hybridized carbons (Fsp3) is 0.667. The molecule has 0 amide bonds. The van der Waals surface area contributed by atoms with E-state index >= 15 is 0 Å². The van der Waals surface area contributed by atoms with Crippen molar-refractivity contribution >= 4 is 29.1 Å². The SMILES string of the molecule is C=C=NC.CC.ClCCl. The zero-order valence-corrected chi connectivity index (χ0v) is 7.63. The molecule has 0 rings (SSSR count). The summed E-state index contributed by atoms with van der Waals surface area (Å²) in [5, 5.41) is 0.194. The van der Waals surface area contributed by atoms with Gasteiger partial charge in [0.05, 0.1) is 5.34 Å². The van der Waals surface area contributed by atoms with E-state index < -0.39 is 0 Å². The van der Waals surface area contributed by atoms with E-state index in [0.717, 1.165) is 0 Å². The van der Waals surface area contributed by atoms with Crippen LogP contribution < -0.4 is 0 Å². The monoisotopic (exact) mass is 169 g/mol. The Labute approximate surface area is 67.4 Å². The fourth-order valence-corrected chi connectivity index (χ4v) is 0. The number of halogens is 2. The molecule has 0 aromatic heterocycles. The molecule has 0 saturated carbocycles. The Morgan fingerprint density at radius 3 is 1.56 bits per heavy atom. The van der Waals surface area contributed by atoms with Crippen molar-refractivity contribution in [2.45, 2.75) is 13.8 Å². The van der Waals surface area contributed by atoms with Crippen LogP contribution in [0.5, 0.6) is 0 Å². The molecule has 0 radical (unpaired) electrons. The second-order valence-corrected chi connectivity index (χ2v) is 1.29. The predicted molar refractivity (Wildman–Crippen MR) is 46.9 cm³/mol. The number of alkyl halides is 2. The summed E-state index contributed by atoms with van der Waals surface area (Å²) >= 11 is 9.53. The van der Waals surface area contributed by atoms with Gasteiger partial charge in [0.2, 0.25) is 0 Å². The Bertz CT molecular complexity index is 58.1. The van der Waals surface area contributed by atoms with Crippen LogP contribution in [0.3, 0.4) is 0 Å². The van der Waals surface area contributed by atoms with Gasteiger partial charge < -0.3 is 0 Å². The van der Waals surface area contributed by atoms with Crippen molar-refractivity contribution in [2.24, 2.45) is 4.99 Å². The Hall–Kier alpha value is 0.0300. The lowest BCUT2D eigenvalue weighted by molar-refractivity contribution is 1.49. The van der Waals surface area contributed by atoms with Gasteiger partial charge in [-0.25, -0.2) is 4.99 Å². The topological polar surface area (TPSA) is 12.4 Å². The van der Waals surface area contributed by atoms with E-state index in [4.69, 9.17) is 23.2 Å². The molecule has 1 nitrogen and oxygen atoms in total. The fourth-order valence-electron chi connectivity index (χ4n) is 0. The van der Waals surface area contributed by atoms with Crippen LogP contribution in [0.15, 0.2) is 11.6 Å². The second-order valence-electron chi connectivity index (χ2n) is 0.483. The molecule has 0 atom stereocenters. The minimum Gasteiger partial charge on any atom is -0.247 e. The maximum atomic E-state index is 4.76. The summed E-state index contributed by atoms with van der Waals surface area (Å²) in [6.45, 7) is 7.19. The molecule has 0 aliphatic rings. The normalized spacial score (nSPS) is 4.56. The first-order valence-corrected chi connectivity index (χ1v) is 3.63. The van der Waals surface area contributed by atoms with Gasteiger partial charge in [-0.2, -0.15) is 0 Å². The van der Waals surface area contributed by atoms with Gasteiger partial charge in [0.25, 0.3) is 0 Å². The van der Waals surface area contributed by atoms with E-state index in [1.807, 2.05) is 13.8 Å². The summed E-state index contributed by atoms with van der Waals surface area (Å²) in [7, 11) is 1.63. The van der Waals surface area contributed by atoms with E-state index in [9.17, 15) is 0 Å². The van der Waals surface area contributed by atoms with Gasteiger partial charge in [0.15, 0.2) is 0 Å². The van der Waals surface area contributed by atoms with Crippen molar-refractivity contribution in [1.82, 2.24) is 0 Å². The summed E-state index contributed by atoms with van der Waals surface area (Å²) in [4.78, 5) is 3.38. The largest absolute Gasteiger partial charge is 0.247 e. The van der Waals surface area contributed by atoms with E-state index in [0.29, 0.717) is 0 Å². The first kappa shape index (κ1) is 16.0. The predicted octanol–water partition coefficient (Wildman–Crippen LogP) is 2.92. The van der Waals surface area contributed by atoms with Gasteiger partial charge in [-0.15, -0.1) is 23.2 Å². The van der Waals surface area contributed by atoms with Gasteiger partial charge in [-0.05, 0) is 12.4 Å². The Morgan fingerprint density at radius 1 is 1.44 bits per heavy atom. The molecule has 0 fully saturated rings. The van der Waals surface area contributed by atoms with Gasteiger partial charge in [0, 0.05) is 7.05 Å². The summed E-state index contributed by atoms with van der Waals surface area (Å²) < 4.78 is 0. The van der Waals surface area contributed by atoms with E-state index in [2.05, 4.69) is 17.4 Å². The van der Waals surface area contributed by atoms with Crippen LogP contribution in [-0.2, 0) is 0 Å². The lowest BCUT2D eigenvalue weighted by Crippen LogP contribution is -1.35. The van der Waals surface area contributed by atoms with E-state index in [-0.39, 0.29) is 5.34 Å². The molecule has 56 valence electrons. The lowest BCUT2D eigenvalue weighted by atomic mass is 11.0. The molecule has 9 heavy (non-hydrogen) atoms. The van der Waals surface area contributed by atoms with E-state index in [1.54, 1.807) is 7.05 Å². The molecule has 0 unspecified atom stereocenters. The Kier molecular flexibility index (Phi) is 76.9. The zero-order valence-electron chi connectivity index (χ0n) is 6.12. The summed E-state index contributed by atoms with van der Waals surface area (Å²) in [6.07, 6.45) is 0. The van der Waals surface area contributed by atoms with Crippen LogP contribution in [0.2, 0.25) is 0 Å². The third kappa shape index (κ3) is 275. The number of hydrogen-bond donors (Lipinski definition) is 0. The minimum atomic E-state index is 0.194. The molecule has 0 spiro atoms. The van der Waals surface area contributed by atoms with Crippen molar-refractivity contribution in [3.8, 4) is 0 Å². The van der Waals surface area contributed by atoms with Crippen LogP contribution >= 0.6 is 23.2 Å². The lowest BCUT2D eigenvalue weighted by Gasteiger charge is -1.42. The van der Waals surface area contributed by atoms with Crippen molar-refractivity contribution in [3.63, 3.8) is 0 Å². The third-order valence-electron chi connectivity index (χ3n) is 0.158. The highest BCUT2D eigenvalue weighted by Gasteiger charge is 1.41. The molecule has 0 bridgehead atoms. The Morgan fingerprint density at radius 2 is 1.56 bits per heavy atom. The van der Waals surface area contributed by atoms with Gasteiger partial charge in [0.1, 0.15) is 0 Å². The molecular weight excluding hydrogens is 157 g/mol. The third-order valence-corrected chi connectivity index (χ3v) is 0.158. The summed E-state index contributed by atoms with van der Waals surface area (Å²) in [5.41, 5.74) is 0. The number of nitrogens with zero attached hydrogens (tertiary/aromatic N) is 1. The second kappa shape index (κ2) is 43.2. The molecule has 0 aromatic rings. The average Bonchev–Trinajstić information content (AvgIpc) is 1.94. The molecule has 0 aliphatic carbocycles. The highest BCUT2D eigenvalue weighted by atomic mass is 35.5. The van der Waals surface area contributed by atoms with Gasteiger partial charge in [-0.1, -0.05) is 13.8 Å². The highest BCUT2D eigenvalue weighted by Crippen LogP contribution is 1.73. The van der Waals surface area contributed by atoms with Crippen molar-refractivity contribution in [1.29, 1.82) is 0 Å². The van der Waals surface area contributed by atoms with Crippen LogP contribution in [0.1, 0.15) is 13.8 Å². The quantitative estimate of drug-likeness (QED) is 0.391. The van der Waals surface area contributed by atoms with Crippen molar-refractivity contribution in [2.75, 3.05) is 12.4 Å². The van der Waals surface area contributed by atoms with Crippen LogP contribution in [0.25, 0.3) is 0 Å². The molecule has 0 aromatic carbocycles. The number of rotatable bonds is 0. The molecular formula is C6H13Cl2N. The molecule has 0 aliphatic heterocycles. The first-order chi connectivity index (χ1) is 4.33. The van der Waals surface area contributed by atoms with E-state index in [1.165, 1.54) is 0 Å². The van der Waals surface area contributed by atoms with Crippen LogP contribution in [0, 0.1) is 0 Å². The maximum absolute atomic E-state index is 4.76. The molecule has 3 heteroatoms. The number of aliphatic imine (C=N–C) groups is 1. The molecule has 0 heterocycles. The maximum Gasteiger partial charge on any atom is 0.0967 e. The standard InChI is InChI=1S/C3H5N.C2H6.CH2Cl2/c1-3-4-2;1-2;2-1-3/h1H2,2H3;1-2H3;1H2. The smallest absolute Gasteiger partial charge is 0.0967 e. The highest BCUT2D eigenvalue weighted by molar-refractivity contribution is 6.40. The summed E-state index contributed by atoms with van der Waals surface area (Å²) in [6, 6.07) is 0. The van der Waals surface area contributed by atoms with Gasteiger partial charge >= 0.3 is 0 Å². The molecule has 0 saturated heterocycles.